The molecule has 8 nitrogen and oxygen atoms in total. The van der Waals surface area contributed by atoms with Crippen molar-refractivity contribution in [1.29, 1.82) is 0 Å². The average Bonchev–Trinajstić information content (AvgIpc) is 2.58. The van der Waals surface area contributed by atoms with E-state index in [1.165, 1.54) is 43.3 Å². The number of esters is 1. The molecule has 0 aliphatic rings. The molecule has 2 rings (SSSR count). The van der Waals surface area contributed by atoms with Gasteiger partial charge in [0, 0.05) is 0 Å². The number of hydrogen-bond donors (Lipinski definition) is 3. The Hall–Kier alpha value is -2.70. The topological polar surface area (TPSA) is 122 Å². The van der Waals surface area contributed by atoms with E-state index in [1.54, 1.807) is 0 Å². The Morgan fingerprint density at radius 1 is 1.19 bits per heavy atom. The second-order valence-electron chi connectivity index (χ2n) is 5.66. The molecule has 0 fully saturated rings. The van der Waals surface area contributed by atoms with E-state index in [1.807, 2.05) is 6.92 Å². The van der Waals surface area contributed by atoms with Gasteiger partial charge < -0.3 is 0 Å². The van der Waals surface area contributed by atoms with Crippen LogP contribution in [0.2, 0.25) is 0 Å². The van der Waals surface area contributed by atoms with Gasteiger partial charge in [-0.05, 0) is 0 Å². The first-order valence-electron chi connectivity index (χ1n) is 8.13. The molecular weight excluding hydrogens is 417 g/mol. The number of anilines is 1. The molecule has 0 spiro atoms. The zero-order valence-electron chi connectivity index (χ0n) is 14.8. The minimum atomic E-state index is -5.17. The van der Waals surface area contributed by atoms with Gasteiger partial charge in [-0.1, -0.05) is 0 Å². The Morgan fingerprint density at radius 3 is 2.56 bits per heavy atom. The van der Waals surface area contributed by atoms with E-state index in [0.717, 1.165) is 6.07 Å². The zero-order chi connectivity index (χ0) is 20.0. The van der Waals surface area contributed by atoms with Crippen molar-refractivity contribution in [2.45, 2.75) is 20.3 Å². The molecule has 144 valence electrons. The molecule has 0 saturated carbocycles. The van der Waals surface area contributed by atoms with Crippen LogP contribution >= 0.6 is 0 Å². The van der Waals surface area contributed by atoms with Gasteiger partial charge in [0.25, 0.3) is 0 Å². The second-order valence-corrected chi connectivity index (χ2v) is 9.24. The third-order valence-corrected chi connectivity index (χ3v) is 6.37. The fourth-order valence-electron chi connectivity index (χ4n) is 2.19. The first kappa shape index (κ1) is 20.6. The molecule has 9 heteroatoms. The molecule has 3 N–H and O–H groups in total. The fraction of sp³-hybridized carbons (Fsp3) is 0.222. The van der Waals surface area contributed by atoms with E-state index in [0.29, 0.717) is 6.42 Å². The zero-order valence-corrected chi connectivity index (χ0v) is 16.7. The molecule has 1 unspecified atom stereocenters. The van der Waals surface area contributed by atoms with Gasteiger partial charge >= 0.3 is 159 Å². The van der Waals surface area contributed by atoms with Crippen LogP contribution in [0.5, 0.6) is 11.5 Å². The normalized spacial score (nSPS) is 12.7. The molecule has 27 heavy (non-hydrogen) atoms. The molecule has 0 radical (unpaired) electrons. The number of phenolic OH excluding ortho intramolecular Hbond substituents is 1. The maximum absolute atomic E-state index is 12.6. The van der Waals surface area contributed by atoms with Crippen LogP contribution in [0.4, 0.5) is 5.69 Å². The molecule has 1 amide bonds. The summed E-state index contributed by atoms with van der Waals surface area (Å²) in [6.07, 6.45) is 0.671. The standard InChI is InChI=1S/C18H20AsNO7/c1-3-9-26-18(23)13-5-4-6-15(10-13)27-19(24,25)16-8-7-14(11-17(16)22)20-12(2)21/h4-8,10-11,22H,3,9H2,1-2H3,(H,20,21)(H,24,25). The third-order valence-electron chi connectivity index (χ3n) is 3.34. The summed E-state index contributed by atoms with van der Waals surface area (Å²) in [7, 11) is 0. The van der Waals surface area contributed by atoms with Crippen LogP contribution in [0.3, 0.4) is 0 Å². The average molecular weight is 437 g/mol. The Labute approximate surface area is 159 Å². The molecule has 0 aliphatic heterocycles. The van der Waals surface area contributed by atoms with Gasteiger partial charge in [-0.3, -0.25) is 0 Å². The van der Waals surface area contributed by atoms with Gasteiger partial charge in [0.1, 0.15) is 0 Å². The van der Waals surface area contributed by atoms with Crippen LogP contribution in [0.15, 0.2) is 42.5 Å². The van der Waals surface area contributed by atoms with Crippen molar-refractivity contribution in [3.8, 4) is 11.5 Å². The molecule has 0 saturated heterocycles. The van der Waals surface area contributed by atoms with Crippen molar-refractivity contribution in [2.24, 2.45) is 0 Å². The predicted molar refractivity (Wildman–Crippen MR) is 98.3 cm³/mol. The van der Waals surface area contributed by atoms with Gasteiger partial charge in [0.15, 0.2) is 0 Å². The van der Waals surface area contributed by atoms with E-state index in [4.69, 9.17) is 8.46 Å². The molecule has 0 heterocycles. The summed E-state index contributed by atoms with van der Waals surface area (Å²) in [5.74, 6) is -1.39. The molecule has 2 aromatic carbocycles. The Morgan fingerprint density at radius 2 is 1.93 bits per heavy atom. The van der Waals surface area contributed by atoms with Crippen LogP contribution in [0.25, 0.3) is 0 Å². The van der Waals surface area contributed by atoms with Crippen molar-refractivity contribution in [3.05, 3.63) is 48.0 Å². The number of ether oxygens (including phenoxy) is 1. The van der Waals surface area contributed by atoms with E-state index in [9.17, 15) is 22.5 Å². The summed E-state index contributed by atoms with van der Waals surface area (Å²) in [5, 5.41) is 12.5. The third kappa shape index (κ3) is 5.64. The second kappa shape index (κ2) is 8.79. The summed E-state index contributed by atoms with van der Waals surface area (Å²) in [6.45, 7) is 3.43. The maximum atomic E-state index is 12.6. The summed E-state index contributed by atoms with van der Waals surface area (Å²) >= 11 is -5.17. The summed E-state index contributed by atoms with van der Waals surface area (Å²) in [4.78, 5) is 22.9. The number of carbonyl (C=O) groups is 2. The number of nitrogens with one attached hydrogen (secondary N) is 1. The van der Waals surface area contributed by atoms with E-state index in [-0.39, 0.29) is 33.9 Å². The number of hydrogen-bond acceptors (Lipinski definition) is 6. The van der Waals surface area contributed by atoms with Gasteiger partial charge in [-0.25, -0.2) is 0 Å². The number of phenols is 1. The van der Waals surface area contributed by atoms with E-state index in [2.05, 4.69) is 5.32 Å². The summed E-state index contributed by atoms with van der Waals surface area (Å²) in [6, 6.07) is 9.45. The van der Waals surface area contributed by atoms with Crippen LogP contribution < -0.4 is 13.4 Å². The van der Waals surface area contributed by atoms with Crippen molar-refractivity contribution in [3.63, 3.8) is 0 Å². The number of rotatable bonds is 7. The fourth-order valence-corrected chi connectivity index (χ4v) is 4.53. The van der Waals surface area contributed by atoms with Crippen molar-refractivity contribution >= 4 is 36.1 Å². The van der Waals surface area contributed by atoms with Gasteiger partial charge in [-0.2, -0.15) is 0 Å². The van der Waals surface area contributed by atoms with E-state index < -0.39 is 25.9 Å². The Balaban J connectivity index is 2.22. The van der Waals surface area contributed by atoms with Gasteiger partial charge in [-0.15, -0.1) is 0 Å². The molecule has 0 bridgehead atoms. The SMILES string of the molecule is CCCOC(=O)c1cccc(O[As](=O)(O)c2ccc(NC(C)=O)cc2O)c1. The number of benzene rings is 2. The van der Waals surface area contributed by atoms with Crippen molar-refractivity contribution in [2.75, 3.05) is 11.9 Å². The number of aromatic hydroxyl groups is 1. The number of carbonyl (C=O) groups excluding carboxylic acids is 2. The molecular formula is C18H20AsNO7. The first-order valence-corrected chi connectivity index (χ1v) is 11.4. The Bertz CT molecular complexity index is 897. The number of amides is 1. The molecule has 2 aromatic rings. The monoisotopic (exact) mass is 437 g/mol. The van der Waals surface area contributed by atoms with Crippen LogP contribution in [0, 0.1) is 0 Å². The van der Waals surface area contributed by atoms with Crippen LogP contribution in [-0.2, 0) is 13.3 Å². The molecule has 0 aliphatic carbocycles. The predicted octanol–water partition coefficient (Wildman–Crippen LogP) is 1.57. The van der Waals surface area contributed by atoms with Crippen molar-refractivity contribution in [1.82, 2.24) is 0 Å². The summed E-state index contributed by atoms with van der Waals surface area (Å²) < 4.78 is 32.9. The Kier molecular flexibility index (Phi) is 6.71. The van der Waals surface area contributed by atoms with Gasteiger partial charge in [0.2, 0.25) is 0 Å². The van der Waals surface area contributed by atoms with Crippen LogP contribution in [0.1, 0.15) is 30.6 Å². The van der Waals surface area contributed by atoms with Gasteiger partial charge in [0.05, 0.1) is 0 Å². The summed E-state index contributed by atoms with van der Waals surface area (Å²) in [5.41, 5.74) is 0.460. The van der Waals surface area contributed by atoms with Crippen LogP contribution in [-0.4, -0.2) is 41.9 Å². The molecule has 0 aromatic heterocycles. The quantitative estimate of drug-likeness (QED) is 0.444. The minimum absolute atomic E-state index is 0.00344. The molecule has 1 atom stereocenters. The van der Waals surface area contributed by atoms with E-state index >= 15 is 0 Å². The first-order chi connectivity index (χ1) is 12.7. The van der Waals surface area contributed by atoms with Crippen molar-refractivity contribution < 1.29 is 31.0 Å².